The van der Waals surface area contributed by atoms with Crippen LogP contribution in [-0.4, -0.2) is 66.9 Å². The number of hydrogen-bond acceptors (Lipinski definition) is 9. The highest BCUT2D eigenvalue weighted by Crippen LogP contribution is 2.30. The van der Waals surface area contributed by atoms with Crippen molar-refractivity contribution in [2.45, 2.75) is 58.0 Å². The first-order chi connectivity index (χ1) is 16.3. The summed E-state index contributed by atoms with van der Waals surface area (Å²) in [6.07, 6.45) is 2.82. The lowest BCUT2D eigenvalue weighted by atomic mass is 9.80. The highest BCUT2D eigenvalue weighted by molar-refractivity contribution is 5.82. The Hall–Kier alpha value is -3.27. The maximum atomic E-state index is 12.2. The zero-order chi connectivity index (χ0) is 24.7. The van der Waals surface area contributed by atoms with Crippen LogP contribution in [0.3, 0.4) is 0 Å². The molecule has 3 rings (SSSR count). The van der Waals surface area contributed by atoms with Gasteiger partial charge < -0.3 is 31.7 Å². The zero-order valence-corrected chi connectivity index (χ0v) is 19.1. The van der Waals surface area contributed by atoms with Crippen LogP contribution in [0.1, 0.15) is 44.9 Å². The first kappa shape index (κ1) is 25.4. The number of imidazole rings is 1. The number of nitrogens with two attached hydrogens (primary N) is 2. The highest BCUT2D eigenvalue weighted by Gasteiger charge is 2.27. The largest absolute Gasteiger partial charge is 0.394 e. The van der Waals surface area contributed by atoms with Gasteiger partial charge in [0, 0.05) is 18.9 Å². The number of nitrogens with zero attached hydrogens (tertiary/aromatic N) is 4. The summed E-state index contributed by atoms with van der Waals surface area (Å²) in [5.74, 6) is 6.01. The number of carbonyl (C=O) groups is 2. The molecule has 0 radical (unpaired) electrons. The number of aliphatic hydroxyl groups is 2. The fourth-order valence-electron chi connectivity index (χ4n) is 3.93. The molecule has 1 aliphatic rings. The number of aromatic nitrogens is 4. The summed E-state index contributed by atoms with van der Waals surface area (Å²) >= 11 is 0. The predicted octanol–water partition coefficient (Wildman–Crippen LogP) is -0.726. The quantitative estimate of drug-likeness (QED) is 0.292. The van der Waals surface area contributed by atoms with Gasteiger partial charge in [0.25, 0.3) is 5.91 Å². The van der Waals surface area contributed by atoms with Crippen molar-refractivity contribution >= 4 is 28.8 Å². The van der Waals surface area contributed by atoms with E-state index >= 15 is 0 Å². The van der Waals surface area contributed by atoms with Crippen LogP contribution < -0.4 is 16.8 Å². The number of nitrogens with one attached hydrogen (secondary N) is 1. The van der Waals surface area contributed by atoms with E-state index in [4.69, 9.17) is 16.2 Å². The van der Waals surface area contributed by atoms with Crippen molar-refractivity contribution < 1.29 is 24.5 Å². The van der Waals surface area contributed by atoms with E-state index in [1.807, 2.05) is 0 Å². The van der Waals surface area contributed by atoms with Gasteiger partial charge in [-0.05, 0) is 44.4 Å². The van der Waals surface area contributed by atoms with Crippen LogP contribution in [0.5, 0.6) is 0 Å². The van der Waals surface area contributed by atoms with Gasteiger partial charge >= 0.3 is 0 Å². The van der Waals surface area contributed by atoms with Crippen LogP contribution in [-0.2, 0) is 21.1 Å². The zero-order valence-electron chi connectivity index (χ0n) is 19.1. The molecule has 2 amide bonds. The molecule has 34 heavy (non-hydrogen) atoms. The van der Waals surface area contributed by atoms with Crippen molar-refractivity contribution in [2.24, 2.45) is 17.6 Å². The molecule has 1 fully saturated rings. The molecule has 1 unspecified atom stereocenters. The number of hydrogen-bond donors (Lipinski definition) is 5. The molecular weight excluding hydrogens is 442 g/mol. The fraction of sp³-hybridized carbons (Fsp3) is 0.591. The maximum Gasteiger partial charge on any atom is 0.252 e. The van der Waals surface area contributed by atoms with Gasteiger partial charge in [-0.15, -0.1) is 0 Å². The Morgan fingerprint density at radius 3 is 2.71 bits per heavy atom. The van der Waals surface area contributed by atoms with Crippen LogP contribution in [0.15, 0.2) is 6.33 Å². The Morgan fingerprint density at radius 2 is 2.06 bits per heavy atom. The van der Waals surface area contributed by atoms with Gasteiger partial charge in [0.1, 0.15) is 18.4 Å². The van der Waals surface area contributed by atoms with Crippen molar-refractivity contribution in [3.05, 3.63) is 12.2 Å². The topological polar surface area (TPSA) is 192 Å². The van der Waals surface area contributed by atoms with Gasteiger partial charge in [0.2, 0.25) is 11.7 Å². The Balaban J connectivity index is 1.70. The van der Waals surface area contributed by atoms with Gasteiger partial charge in [-0.2, -0.15) is 0 Å². The standard InChI is InChI=1S/C22H31N7O5/c1-2-25-22(33)18(15(31)10-30)34-12-29-11-26-17-19(23)27-16(28-21(17)29)5-3-4-13-6-8-14(9-7-13)20(24)32/h11,13-15,18,30-31H,2,4,6-10,12H2,1H3,(H2,24,32)(H,25,33)(H2,23,27,28)/t13?,14?,15?,18-/m0/s1. The summed E-state index contributed by atoms with van der Waals surface area (Å²) < 4.78 is 7.07. The molecular formula is C22H31N7O5. The molecule has 2 atom stereocenters. The lowest BCUT2D eigenvalue weighted by Gasteiger charge is -2.25. The number of primary amides is 1. The van der Waals surface area contributed by atoms with Gasteiger partial charge in [0.15, 0.2) is 17.6 Å². The lowest BCUT2D eigenvalue weighted by molar-refractivity contribution is -0.147. The summed E-state index contributed by atoms with van der Waals surface area (Å²) in [4.78, 5) is 36.3. The normalized spacial score (nSPS) is 19.7. The van der Waals surface area contributed by atoms with E-state index in [1.165, 1.54) is 10.9 Å². The molecule has 7 N–H and O–H groups in total. The number of carbonyl (C=O) groups excluding carboxylic acids is 2. The minimum Gasteiger partial charge on any atom is -0.394 e. The summed E-state index contributed by atoms with van der Waals surface area (Å²) in [7, 11) is 0. The molecule has 184 valence electrons. The van der Waals surface area contributed by atoms with Gasteiger partial charge in [0.05, 0.1) is 12.9 Å². The van der Waals surface area contributed by atoms with Crippen LogP contribution in [0.2, 0.25) is 0 Å². The number of nitrogen functional groups attached to an aromatic ring is 1. The Kier molecular flexibility index (Phi) is 8.75. The smallest absolute Gasteiger partial charge is 0.252 e. The molecule has 0 spiro atoms. The second-order valence-electron chi connectivity index (χ2n) is 8.31. The van der Waals surface area contributed by atoms with E-state index in [2.05, 4.69) is 32.1 Å². The molecule has 1 aliphatic carbocycles. The fourth-order valence-corrected chi connectivity index (χ4v) is 3.93. The van der Waals surface area contributed by atoms with Gasteiger partial charge in [-0.3, -0.25) is 14.2 Å². The van der Waals surface area contributed by atoms with Crippen LogP contribution >= 0.6 is 0 Å². The van der Waals surface area contributed by atoms with E-state index in [-0.39, 0.29) is 30.2 Å². The summed E-state index contributed by atoms with van der Waals surface area (Å²) in [6.45, 7) is 1.29. The molecule has 12 nitrogen and oxygen atoms in total. The van der Waals surface area contributed by atoms with Crippen LogP contribution in [0.25, 0.3) is 11.2 Å². The molecule has 0 bridgehead atoms. The molecule has 0 aliphatic heterocycles. The number of amides is 2. The Morgan fingerprint density at radius 1 is 1.32 bits per heavy atom. The van der Waals surface area contributed by atoms with Crippen molar-refractivity contribution in [1.29, 1.82) is 0 Å². The molecule has 0 saturated heterocycles. The van der Waals surface area contributed by atoms with E-state index in [0.29, 0.717) is 30.0 Å². The molecule has 2 aromatic heterocycles. The summed E-state index contributed by atoms with van der Waals surface area (Å²) in [6, 6.07) is 0. The monoisotopic (exact) mass is 473 g/mol. The minimum absolute atomic E-state index is 0.0385. The average Bonchev–Trinajstić information content (AvgIpc) is 3.23. The number of anilines is 1. The number of ether oxygens (including phenoxy) is 1. The van der Waals surface area contributed by atoms with E-state index in [1.54, 1.807) is 6.92 Å². The third kappa shape index (κ3) is 6.19. The van der Waals surface area contributed by atoms with Crippen LogP contribution in [0.4, 0.5) is 5.82 Å². The van der Waals surface area contributed by atoms with E-state index in [0.717, 1.165) is 25.7 Å². The third-order valence-corrected chi connectivity index (χ3v) is 5.87. The first-order valence-corrected chi connectivity index (χ1v) is 11.3. The maximum absolute atomic E-state index is 12.2. The van der Waals surface area contributed by atoms with Crippen molar-refractivity contribution in [3.63, 3.8) is 0 Å². The second-order valence-corrected chi connectivity index (χ2v) is 8.31. The van der Waals surface area contributed by atoms with Gasteiger partial charge in [-0.1, -0.05) is 5.92 Å². The number of fused-ring (bicyclic) bond motifs is 1. The SMILES string of the molecule is CCNC(=O)[C@@H](OCn1cnc2c(N)nc(C#CCC3CCC(C(N)=O)CC3)nc21)C(O)CO. The average molecular weight is 474 g/mol. The Bertz CT molecular complexity index is 1070. The first-order valence-electron chi connectivity index (χ1n) is 11.3. The summed E-state index contributed by atoms with van der Waals surface area (Å²) in [5, 5.41) is 21.7. The molecule has 2 aromatic rings. The van der Waals surface area contributed by atoms with Crippen molar-refractivity contribution in [3.8, 4) is 11.8 Å². The molecule has 0 aromatic carbocycles. The third-order valence-electron chi connectivity index (χ3n) is 5.87. The van der Waals surface area contributed by atoms with Crippen molar-refractivity contribution in [1.82, 2.24) is 24.8 Å². The number of likely N-dealkylation sites (N-methyl/N-ethyl adjacent to an activating group) is 1. The van der Waals surface area contributed by atoms with E-state index in [9.17, 15) is 19.8 Å². The number of aliphatic hydroxyl groups excluding tert-OH is 2. The molecule has 12 heteroatoms. The Labute approximate surface area is 197 Å². The van der Waals surface area contributed by atoms with E-state index < -0.39 is 24.7 Å². The predicted molar refractivity (Wildman–Crippen MR) is 123 cm³/mol. The molecule has 1 saturated carbocycles. The van der Waals surface area contributed by atoms with Gasteiger partial charge in [-0.25, -0.2) is 15.0 Å². The highest BCUT2D eigenvalue weighted by atomic mass is 16.5. The minimum atomic E-state index is -1.39. The summed E-state index contributed by atoms with van der Waals surface area (Å²) in [5.41, 5.74) is 12.1. The lowest BCUT2D eigenvalue weighted by Crippen LogP contribution is -2.45. The van der Waals surface area contributed by atoms with Crippen LogP contribution in [0, 0.1) is 23.7 Å². The number of rotatable bonds is 9. The van der Waals surface area contributed by atoms with Crippen molar-refractivity contribution in [2.75, 3.05) is 18.9 Å². The molecule has 2 heterocycles. The second kappa shape index (κ2) is 11.7.